The first-order chi connectivity index (χ1) is 11.8. The molecule has 0 spiro atoms. The van der Waals surface area contributed by atoms with Crippen molar-refractivity contribution in [2.45, 2.75) is 44.9 Å². The third-order valence-corrected chi connectivity index (χ3v) is 6.59. The third kappa shape index (κ3) is 2.66. The van der Waals surface area contributed by atoms with Crippen molar-refractivity contribution >= 4 is 22.3 Å². The van der Waals surface area contributed by atoms with Crippen LogP contribution < -0.4 is 10.2 Å². The summed E-state index contributed by atoms with van der Waals surface area (Å²) >= 11 is 1.86. The number of rotatable bonds is 4. The van der Waals surface area contributed by atoms with Gasteiger partial charge in [-0.15, -0.1) is 16.4 Å². The van der Waals surface area contributed by atoms with Crippen molar-refractivity contribution in [1.29, 1.82) is 0 Å². The number of hydrogen-bond donors (Lipinski definition) is 1. The standard InChI is InChI=1S/C18H23N5S/c1-2-7-16-15(5-1)20-18(24-16)19-9-12-10-23(11-12)17-8-13-4-3-6-14(13)21-22-17/h8,12H,1-7,9-11H2,(H,19,20). The van der Waals surface area contributed by atoms with Gasteiger partial charge in [-0.25, -0.2) is 4.98 Å². The zero-order chi connectivity index (χ0) is 15.9. The van der Waals surface area contributed by atoms with E-state index in [-0.39, 0.29) is 0 Å². The van der Waals surface area contributed by atoms with Gasteiger partial charge in [0.25, 0.3) is 0 Å². The predicted octanol–water partition coefficient (Wildman–Crippen LogP) is 2.85. The summed E-state index contributed by atoms with van der Waals surface area (Å²) in [6.45, 7) is 3.17. The lowest BCUT2D eigenvalue weighted by Gasteiger charge is -2.40. The van der Waals surface area contributed by atoms with Crippen LogP contribution in [0.1, 0.15) is 41.1 Å². The Morgan fingerprint density at radius 1 is 1.04 bits per heavy atom. The van der Waals surface area contributed by atoms with Gasteiger partial charge in [0.2, 0.25) is 0 Å². The van der Waals surface area contributed by atoms with Gasteiger partial charge in [0.15, 0.2) is 10.9 Å². The smallest absolute Gasteiger partial charge is 0.183 e. The fourth-order valence-electron chi connectivity index (χ4n) is 4.02. The Kier molecular flexibility index (Phi) is 3.65. The zero-order valence-electron chi connectivity index (χ0n) is 13.9. The molecular weight excluding hydrogens is 318 g/mol. The molecule has 2 aromatic rings. The molecule has 126 valence electrons. The lowest BCUT2D eigenvalue weighted by molar-refractivity contribution is 0.425. The minimum absolute atomic E-state index is 0.681. The second-order valence-electron chi connectivity index (χ2n) is 7.28. The Morgan fingerprint density at radius 3 is 2.83 bits per heavy atom. The van der Waals surface area contributed by atoms with Crippen molar-refractivity contribution in [2.24, 2.45) is 5.92 Å². The molecule has 0 radical (unpaired) electrons. The van der Waals surface area contributed by atoms with Crippen molar-refractivity contribution in [1.82, 2.24) is 15.2 Å². The predicted molar refractivity (Wildman–Crippen MR) is 97.0 cm³/mol. The molecule has 0 unspecified atom stereocenters. The molecule has 1 saturated heterocycles. The third-order valence-electron chi connectivity index (χ3n) is 5.48. The number of hydrogen-bond acceptors (Lipinski definition) is 6. The van der Waals surface area contributed by atoms with Gasteiger partial charge < -0.3 is 10.2 Å². The molecule has 0 amide bonds. The lowest BCUT2D eigenvalue weighted by atomic mass is 10.00. The van der Waals surface area contributed by atoms with Crippen LogP contribution >= 0.6 is 11.3 Å². The van der Waals surface area contributed by atoms with E-state index >= 15 is 0 Å². The number of fused-ring (bicyclic) bond motifs is 2. The summed E-state index contributed by atoms with van der Waals surface area (Å²) in [7, 11) is 0. The Balaban J connectivity index is 1.15. The number of anilines is 2. The zero-order valence-corrected chi connectivity index (χ0v) is 14.7. The lowest BCUT2D eigenvalue weighted by Crippen LogP contribution is -2.50. The average molecular weight is 341 g/mol. The molecule has 3 heterocycles. The topological polar surface area (TPSA) is 53.9 Å². The maximum absolute atomic E-state index is 4.77. The van der Waals surface area contributed by atoms with E-state index in [2.05, 4.69) is 26.5 Å². The van der Waals surface area contributed by atoms with Gasteiger partial charge in [-0.2, -0.15) is 5.10 Å². The number of aryl methyl sites for hydroxylation is 4. The molecule has 24 heavy (non-hydrogen) atoms. The van der Waals surface area contributed by atoms with Gasteiger partial charge in [0.05, 0.1) is 11.4 Å². The monoisotopic (exact) mass is 341 g/mol. The molecule has 3 aliphatic rings. The molecule has 2 aliphatic carbocycles. The molecule has 5 nitrogen and oxygen atoms in total. The molecule has 0 aromatic carbocycles. The number of thiazole rings is 1. The largest absolute Gasteiger partial charge is 0.361 e. The van der Waals surface area contributed by atoms with Gasteiger partial charge in [0, 0.05) is 30.4 Å². The highest BCUT2D eigenvalue weighted by Gasteiger charge is 2.29. The summed E-state index contributed by atoms with van der Waals surface area (Å²) in [6.07, 6.45) is 8.53. The Bertz CT molecular complexity index is 726. The summed E-state index contributed by atoms with van der Waals surface area (Å²) in [5.41, 5.74) is 3.97. The van der Waals surface area contributed by atoms with E-state index < -0.39 is 0 Å². The molecule has 0 bridgehead atoms. The minimum atomic E-state index is 0.681. The quantitative estimate of drug-likeness (QED) is 0.927. The highest BCUT2D eigenvalue weighted by atomic mass is 32.1. The first-order valence-corrected chi connectivity index (χ1v) is 10.00. The normalized spacial score (nSPS) is 19.8. The van der Waals surface area contributed by atoms with E-state index in [4.69, 9.17) is 4.98 Å². The fourth-order valence-corrected chi connectivity index (χ4v) is 5.07. The molecule has 2 aromatic heterocycles. The second kappa shape index (κ2) is 5.99. The van der Waals surface area contributed by atoms with E-state index in [0.29, 0.717) is 5.92 Å². The van der Waals surface area contributed by atoms with Crippen LogP contribution in [0.2, 0.25) is 0 Å². The fraction of sp³-hybridized carbons (Fsp3) is 0.611. The van der Waals surface area contributed by atoms with Crippen LogP contribution in [0.5, 0.6) is 0 Å². The van der Waals surface area contributed by atoms with E-state index in [1.54, 1.807) is 0 Å². The summed E-state index contributed by atoms with van der Waals surface area (Å²) in [5.74, 6) is 1.75. The van der Waals surface area contributed by atoms with Crippen LogP contribution in [-0.4, -0.2) is 34.8 Å². The summed E-state index contributed by atoms with van der Waals surface area (Å²) in [6, 6.07) is 2.26. The van der Waals surface area contributed by atoms with E-state index in [9.17, 15) is 0 Å². The number of aromatic nitrogens is 3. The van der Waals surface area contributed by atoms with Crippen LogP contribution in [0.3, 0.4) is 0 Å². The van der Waals surface area contributed by atoms with Crippen LogP contribution in [0, 0.1) is 5.92 Å². The van der Waals surface area contributed by atoms with Gasteiger partial charge in [-0.3, -0.25) is 0 Å². The van der Waals surface area contributed by atoms with Crippen LogP contribution in [-0.2, 0) is 25.7 Å². The van der Waals surface area contributed by atoms with Crippen molar-refractivity contribution in [2.75, 3.05) is 29.9 Å². The molecule has 1 N–H and O–H groups in total. The minimum Gasteiger partial charge on any atom is -0.361 e. The first kappa shape index (κ1) is 14.6. The van der Waals surface area contributed by atoms with Gasteiger partial charge in [-0.05, 0) is 56.6 Å². The Morgan fingerprint density at radius 2 is 1.92 bits per heavy atom. The Hall–Kier alpha value is -1.69. The van der Waals surface area contributed by atoms with Gasteiger partial charge in [-0.1, -0.05) is 0 Å². The maximum Gasteiger partial charge on any atom is 0.183 e. The number of nitrogens with one attached hydrogen (secondary N) is 1. The van der Waals surface area contributed by atoms with Crippen molar-refractivity contribution < 1.29 is 0 Å². The van der Waals surface area contributed by atoms with E-state index in [0.717, 1.165) is 37.0 Å². The molecular formula is C18H23N5S. The van der Waals surface area contributed by atoms with Crippen LogP contribution in [0.25, 0.3) is 0 Å². The van der Waals surface area contributed by atoms with Crippen LogP contribution in [0.15, 0.2) is 6.07 Å². The maximum atomic E-state index is 4.77. The van der Waals surface area contributed by atoms with Gasteiger partial charge >= 0.3 is 0 Å². The Labute approximate surface area is 146 Å². The molecule has 5 rings (SSSR count). The number of nitrogens with zero attached hydrogens (tertiary/aromatic N) is 4. The summed E-state index contributed by atoms with van der Waals surface area (Å²) < 4.78 is 0. The summed E-state index contributed by atoms with van der Waals surface area (Å²) in [5, 5.41) is 13.5. The second-order valence-corrected chi connectivity index (χ2v) is 8.36. The molecule has 1 fully saturated rings. The van der Waals surface area contributed by atoms with Gasteiger partial charge in [0.1, 0.15) is 0 Å². The van der Waals surface area contributed by atoms with Crippen molar-refractivity contribution in [3.63, 3.8) is 0 Å². The first-order valence-electron chi connectivity index (χ1n) is 9.18. The molecule has 0 saturated carbocycles. The SMILES string of the molecule is c1c(N2CC(CNc3nc4c(s3)CCCC4)C2)nnc2c1CCC2. The highest BCUT2D eigenvalue weighted by molar-refractivity contribution is 7.15. The average Bonchev–Trinajstić information content (AvgIpc) is 3.18. The molecule has 0 atom stereocenters. The molecule has 6 heteroatoms. The van der Waals surface area contributed by atoms with Crippen LogP contribution in [0.4, 0.5) is 10.9 Å². The highest BCUT2D eigenvalue weighted by Crippen LogP contribution is 2.31. The van der Waals surface area contributed by atoms with Crippen molar-refractivity contribution in [3.05, 3.63) is 27.9 Å². The molecule has 1 aliphatic heterocycles. The van der Waals surface area contributed by atoms with E-state index in [1.807, 2.05) is 11.3 Å². The van der Waals surface area contributed by atoms with E-state index in [1.165, 1.54) is 60.4 Å². The summed E-state index contributed by atoms with van der Waals surface area (Å²) in [4.78, 5) is 8.63. The van der Waals surface area contributed by atoms with Crippen molar-refractivity contribution in [3.8, 4) is 0 Å².